The largest absolute Gasteiger partial charge is 0.347 e. The molecule has 0 atom stereocenters. The van der Waals surface area contributed by atoms with E-state index in [0.29, 0.717) is 24.9 Å². The summed E-state index contributed by atoms with van der Waals surface area (Å²) in [5.41, 5.74) is 0.888. The van der Waals surface area contributed by atoms with Gasteiger partial charge >= 0.3 is 0 Å². The van der Waals surface area contributed by atoms with E-state index in [4.69, 9.17) is 9.47 Å². The SMILES string of the molecule is Cc1cc(C(=O)NC(C)(C)C)nc(N2CCC3(CC2)OCCO3)n1. The number of carbonyl (C=O) groups is 1. The number of amides is 1. The molecule has 2 aliphatic heterocycles. The van der Waals surface area contributed by atoms with Crippen LogP contribution in [0.25, 0.3) is 0 Å². The third-order valence-corrected chi connectivity index (χ3v) is 4.19. The second-order valence-electron chi connectivity index (χ2n) is 7.49. The minimum absolute atomic E-state index is 0.176. The fourth-order valence-corrected chi connectivity index (χ4v) is 3.05. The van der Waals surface area contributed by atoms with Crippen molar-refractivity contribution < 1.29 is 14.3 Å². The van der Waals surface area contributed by atoms with Crippen LogP contribution in [0.2, 0.25) is 0 Å². The molecule has 0 saturated carbocycles. The van der Waals surface area contributed by atoms with Crippen LogP contribution in [-0.4, -0.2) is 53.5 Å². The molecule has 0 aromatic carbocycles. The van der Waals surface area contributed by atoms with Gasteiger partial charge in [0.2, 0.25) is 5.95 Å². The predicted octanol–water partition coefficient (Wildman–Crippen LogP) is 1.66. The molecule has 1 aromatic rings. The zero-order valence-corrected chi connectivity index (χ0v) is 14.9. The molecule has 2 aliphatic rings. The van der Waals surface area contributed by atoms with Crippen LogP contribution in [0, 0.1) is 6.92 Å². The number of rotatable bonds is 2. The van der Waals surface area contributed by atoms with Gasteiger partial charge in [-0.05, 0) is 33.8 Å². The summed E-state index contributed by atoms with van der Waals surface area (Å²) < 4.78 is 11.5. The lowest BCUT2D eigenvalue weighted by molar-refractivity contribution is -0.169. The Morgan fingerprint density at radius 3 is 2.42 bits per heavy atom. The Morgan fingerprint density at radius 2 is 1.83 bits per heavy atom. The van der Waals surface area contributed by atoms with E-state index in [1.54, 1.807) is 6.07 Å². The van der Waals surface area contributed by atoms with Crippen LogP contribution >= 0.6 is 0 Å². The van der Waals surface area contributed by atoms with E-state index in [0.717, 1.165) is 31.6 Å². The fraction of sp³-hybridized carbons (Fsp3) is 0.706. The molecule has 1 N–H and O–H groups in total. The van der Waals surface area contributed by atoms with Crippen LogP contribution in [0.3, 0.4) is 0 Å². The summed E-state index contributed by atoms with van der Waals surface area (Å²) >= 11 is 0. The van der Waals surface area contributed by atoms with E-state index in [2.05, 4.69) is 20.2 Å². The summed E-state index contributed by atoms with van der Waals surface area (Å²) in [6.45, 7) is 10.6. The Hall–Kier alpha value is -1.73. The van der Waals surface area contributed by atoms with Crippen LogP contribution in [0.15, 0.2) is 6.07 Å². The van der Waals surface area contributed by atoms with Crippen molar-refractivity contribution in [3.05, 3.63) is 17.5 Å². The van der Waals surface area contributed by atoms with Gasteiger partial charge in [-0.2, -0.15) is 0 Å². The molecule has 1 spiro atoms. The van der Waals surface area contributed by atoms with Crippen molar-refractivity contribution in [2.75, 3.05) is 31.2 Å². The standard InChI is InChI=1S/C17H26N4O3/c1-12-11-13(14(22)20-16(2,3)4)19-15(18-12)21-7-5-17(6-8-21)23-9-10-24-17/h11H,5-10H2,1-4H3,(H,20,22). The first-order valence-electron chi connectivity index (χ1n) is 8.47. The molecular formula is C17H26N4O3. The number of ether oxygens (including phenoxy) is 2. The lowest BCUT2D eigenvalue weighted by Crippen LogP contribution is -2.46. The molecule has 3 rings (SSSR count). The highest BCUT2D eigenvalue weighted by atomic mass is 16.7. The monoisotopic (exact) mass is 334 g/mol. The normalized spacial score (nSPS) is 20.4. The van der Waals surface area contributed by atoms with Crippen molar-refractivity contribution in [2.24, 2.45) is 0 Å². The Kier molecular flexibility index (Phi) is 4.48. The number of hydrogen-bond acceptors (Lipinski definition) is 6. The first-order chi connectivity index (χ1) is 11.3. The maximum Gasteiger partial charge on any atom is 0.270 e. The zero-order chi connectivity index (χ0) is 17.4. The van der Waals surface area contributed by atoms with Gasteiger partial charge in [0.15, 0.2) is 5.79 Å². The third kappa shape index (κ3) is 3.84. The summed E-state index contributed by atoms with van der Waals surface area (Å²) in [7, 11) is 0. The number of nitrogens with one attached hydrogen (secondary N) is 1. The van der Waals surface area contributed by atoms with Crippen molar-refractivity contribution in [1.82, 2.24) is 15.3 Å². The number of aryl methyl sites for hydroxylation is 1. The molecule has 0 aliphatic carbocycles. The van der Waals surface area contributed by atoms with Gasteiger partial charge in [0, 0.05) is 37.2 Å². The second-order valence-corrected chi connectivity index (χ2v) is 7.49. The van der Waals surface area contributed by atoms with Crippen molar-refractivity contribution in [2.45, 2.75) is 51.9 Å². The van der Waals surface area contributed by atoms with Crippen LogP contribution in [0.5, 0.6) is 0 Å². The van der Waals surface area contributed by atoms with Gasteiger partial charge in [0.1, 0.15) is 5.69 Å². The average Bonchev–Trinajstić information content (AvgIpc) is 2.94. The molecule has 132 valence electrons. The Labute approximate surface area is 142 Å². The minimum Gasteiger partial charge on any atom is -0.347 e. The van der Waals surface area contributed by atoms with Gasteiger partial charge in [-0.25, -0.2) is 9.97 Å². The molecule has 1 aromatic heterocycles. The molecular weight excluding hydrogens is 308 g/mol. The quantitative estimate of drug-likeness (QED) is 0.886. The Morgan fingerprint density at radius 1 is 1.21 bits per heavy atom. The average molecular weight is 334 g/mol. The molecule has 2 saturated heterocycles. The van der Waals surface area contributed by atoms with Gasteiger partial charge < -0.3 is 19.7 Å². The maximum absolute atomic E-state index is 12.4. The molecule has 24 heavy (non-hydrogen) atoms. The van der Waals surface area contributed by atoms with E-state index < -0.39 is 5.79 Å². The van der Waals surface area contributed by atoms with Crippen molar-refractivity contribution >= 4 is 11.9 Å². The molecule has 0 unspecified atom stereocenters. The highest BCUT2D eigenvalue weighted by Crippen LogP contribution is 2.32. The smallest absolute Gasteiger partial charge is 0.270 e. The molecule has 0 radical (unpaired) electrons. The number of carbonyl (C=O) groups excluding carboxylic acids is 1. The van der Waals surface area contributed by atoms with E-state index >= 15 is 0 Å². The number of hydrogen-bond donors (Lipinski definition) is 1. The summed E-state index contributed by atoms with van der Waals surface area (Å²) in [5.74, 6) is -0.000608. The number of nitrogens with zero attached hydrogens (tertiary/aromatic N) is 3. The Bertz CT molecular complexity index is 611. The molecule has 7 nitrogen and oxygen atoms in total. The second kappa shape index (κ2) is 6.29. The van der Waals surface area contributed by atoms with Crippen LogP contribution < -0.4 is 10.2 Å². The molecule has 1 amide bonds. The van der Waals surface area contributed by atoms with Crippen molar-refractivity contribution in [3.8, 4) is 0 Å². The van der Waals surface area contributed by atoms with E-state index in [9.17, 15) is 4.79 Å². The topological polar surface area (TPSA) is 76.6 Å². The fourth-order valence-electron chi connectivity index (χ4n) is 3.05. The van der Waals surface area contributed by atoms with Gasteiger partial charge in [-0.15, -0.1) is 0 Å². The first-order valence-corrected chi connectivity index (χ1v) is 8.47. The summed E-state index contributed by atoms with van der Waals surface area (Å²) in [5, 5.41) is 2.94. The predicted molar refractivity (Wildman–Crippen MR) is 90.1 cm³/mol. The Balaban J connectivity index is 1.73. The molecule has 7 heteroatoms. The van der Waals surface area contributed by atoms with Gasteiger partial charge in [0.05, 0.1) is 13.2 Å². The maximum atomic E-state index is 12.4. The minimum atomic E-state index is -0.424. The van der Waals surface area contributed by atoms with E-state index in [-0.39, 0.29) is 11.4 Å². The number of aromatic nitrogens is 2. The van der Waals surface area contributed by atoms with Crippen molar-refractivity contribution in [3.63, 3.8) is 0 Å². The lowest BCUT2D eigenvalue weighted by Gasteiger charge is -2.37. The van der Waals surface area contributed by atoms with Gasteiger partial charge in [-0.1, -0.05) is 0 Å². The third-order valence-electron chi connectivity index (χ3n) is 4.19. The first kappa shape index (κ1) is 17.1. The molecule has 0 bridgehead atoms. The van der Waals surface area contributed by atoms with Crippen LogP contribution in [0.1, 0.15) is 49.8 Å². The zero-order valence-electron chi connectivity index (χ0n) is 14.9. The number of anilines is 1. The van der Waals surface area contributed by atoms with E-state index in [1.165, 1.54) is 0 Å². The summed E-state index contributed by atoms with van der Waals surface area (Å²) in [6, 6.07) is 1.72. The van der Waals surface area contributed by atoms with Gasteiger partial charge in [0.25, 0.3) is 5.91 Å². The van der Waals surface area contributed by atoms with E-state index in [1.807, 2.05) is 27.7 Å². The molecule has 2 fully saturated rings. The van der Waals surface area contributed by atoms with Crippen molar-refractivity contribution in [1.29, 1.82) is 0 Å². The highest BCUT2D eigenvalue weighted by Gasteiger charge is 2.40. The summed E-state index contributed by atoms with van der Waals surface area (Å²) in [6.07, 6.45) is 1.57. The van der Waals surface area contributed by atoms with Crippen LogP contribution in [-0.2, 0) is 9.47 Å². The highest BCUT2D eigenvalue weighted by molar-refractivity contribution is 5.93. The van der Waals surface area contributed by atoms with Gasteiger partial charge in [-0.3, -0.25) is 4.79 Å². The number of piperidine rings is 1. The molecule has 3 heterocycles. The lowest BCUT2D eigenvalue weighted by atomic mass is 10.0. The summed E-state index contributed by atoms with van der Waals surface area (Å²) in [4.78, 5) is 23.5. The van der Waals surface area contributed by atoms with Crippen LogP contribution in [0.4, 0.5) is 5.95 Å².